The zero-order valence-electron chi connectivity index (χ0n) is 33.0. The van der Waals surface area contributed by atoms with Gasteiger partial charge in [-0.25, -0.2) is 0 Å². The summed E-state index contributed by atoms with van der Waals surface area (Å²) in [6.07, 6.45) is 39.9. The fourth-order valence-corrected chi connectivity index (χ4v) is 17.4. The third kappa shape index (κ3) is 20.4. The molecule has 0 unspecified atom stereocenters. The zero-order valence-corrected chi connectivity index (χ0v) is 34.7. The summed E-state index contributed by atoms with van der Waals surface area (Å²) in [5.74, 6) is 0. The molecule has 0 N–H and O–H groups in total. The molecule has 1 aromatic rings. The molecular weight excluding hydrogens is 628 g/mol. The van der Waals surface area contributed by atoms with E-state index in [1.807, 2.05) is 19.1 Å². The fraction of sp³-hybridized carbons (Fsp3) is 0.860. The molecule has 0 amide bonds. The van der Waals surface area contributed by atoms with Gasteiger partial charge >= 0.3 is 264 Å². The third-order valence-electron chi connectivity index (χ3n) is 10.9. The van der Waals surface area contributed by atoms with Crippen molar-refractivity contribution >= 4 is 16.9 Å². The van der Waals surface area contributed by atoms with E-state index < -0.39 is 16.9 Å². The molecule has 0 saturated heterocycles. The Kier molecular flexibility index (Phi) is 26.8. The summed E-state index contributed by atoms with van der Waals surface area (Å²) in [7, 11) is -3.84. The first-order valence-corrected chi connectivity index (χ1v) is 25.6. The van der Waals surface area contributed by atoms with Crippen molar-refractivity contribution < 1.29 is 12.4 Å². The van der Waals surface area contributed by atoms with Crippen LogP contribution in [0.4, 0.5) is 0 Å². The predicted molar refractivity (Wildman–Crippen MR) is 218 cm³/mol. The molecule has 1 aromatic carbocycles. The van der Waals surface area contributed by atoms with Crippen LogP contribution in [0.25, 0.3) is 0 Å². The van der Waals surface area contributed by atoms with Crippen molar-refractivity contribution in [2.45, 2.75) is 219 Å². The van der Waals surface area contributed by atoms with Gasteiger partial charge in [0, 0.05) is 0 Å². The molecule has 0 saturated carbocycles. The molecule has 5 heteroatoms. The minimum atomic E-state index is -3.84. The van der Waals surface area contributed by atoms with Crippen LogP contribution in [-0.4, -0.2) is 33.1 Å². The maximum absolute atomic E-state index is 14.2. The van der Waals surface area contributed by atoms with E-state index in [0.717, 1.165) is 55.9 Å². The van der Waals surface area contributed by atoms with E-state index >= 15 is 0 Å². The van der Waals surface area contributed by atoms with Gasteiger partial charge in [-0.05, 0) is 0 Å². The molecule has 0 aliphatic rings. The standard InChI is InChI=1S/C43H83O3PS/c1-6-10-14-18-19-20-21-22-23-24-25-26-27-28-29-33-41-47(38-30-15-11-7-2,39-31-16-12-8-3,40-32-17-13-9-4)46-48(44,45)43-36-34-42(5)35-37-43/h34-37H,6-33,38-41H2,1-5H3. The molecule has 0 aliphatic carbocycles. The van der Waals surface area contributed by atoms with Gasteiger partial charge in [0.15, 0.2) is 0 Å². The Labute approximate surface area is 302 Å². The van der Waals surface area contributed by atoms with Crippen LogP contribution < -0.4 is 0 Å². The predicted octanol–water partition coefficient (Wildman–Crippen LogP) is 15.2. The summed E-state index contributed by atoms with van der Waals surface area (Å²) in [5.41, 5.74) is 1.08. The van der Waals surface area contributed by atoms with Crippen molar-refractivity contribution in [2.75, 3.05) is 24.6 Å². The number of hydrogen-bond donors (Lipinski definition) is 0. The SMILES string of the molecule is CCCCCCCCCCCCCCCCCCP(CCCCCC)(CCCCCC)(CCCCCC)OS(=O)(=O)c1ccc(C)cc1. The van der Waals surface area contributed by atoms with Gasteiger partial charge in [-0.1, -0.05) is 39.0 Å². The van der Waals surface area contributed by atoms with Gasteiger partial charge in [-0.3, -0.25) is 0 Å². The van der Waals surface area contributed by atoms with E-state index in [4.69, 9.17) is 3.97 Å². The normalized spacial score (nSPS) is 13.1. The Balaban J connectivity index is 2.93. The van der Waals surface area contributed by atoms with Crippen LogP contribution in [0, 0.1) is 6.92 Å². The van der Waals surface area contributed by atoms with Crippen molar-refractivity contribution in [3.63, 3.8) is 0 Å². The van der Waals surface area contributed by atoms with E-state index in [0.29, 0.717) is 4.90 Å². The van der Waals surface area contributed by atoms with Crippen LogP contribution >= 0.6 is 6.83 Å². The van der Waals surface area contributed by atoms with Gasteiger partial charge in [-0.15, -0.1) is 0 Å². The van der Waals surface area contributed by atoms with Crippen LogP contribution in [0.15, 0.2) is 29.2 Å². The van der Waals surface area contributed by atoms with Crippen LogP contribution in [0.3, 0.4) is 0 Å². The third-order valence-corrected chi connectivity index (χ3v) is 20.0. The fourth-order valence-electron chi connectivity index (χ4n) is 7.72. The van der Waals surface area contributed by atoms with Gasteiger partial charge in [0.05, 0.1) is 0 Å². The molecule has 48 heavy (non-hydrogen) atoms. The van der Waals surface area contributed by atoms with Gasteiger partial charge in [-0.2, -0.15) is 0 Å². The molecule has 0 spiro atoms. The Bertz CT molecular complexity index is 940. The second-order valence-electron chi connectivity index (χ2n) is 15.6. The Hall–Kier alpha value is -0.440. The molecule has 1 rings (SSSR count). The molecule has 0 heterocycles. The number of rotatable bonds is 35. The topological polar surface area (TPSA) is 43.4 Å². The van der Waals surface area contributed by atoms with Crippen LogP contribution in [0.5, 0.6) is 0 Å². The molecule has 3 nitrogen and oxygen atoms in total. The van der Waals surface area contributed by atoms with Crippen molar-refractivity contribution in [2.24, 2.45) is 0 Å². The van der Waals surface area contributed by atoms with Crippen molar-refractivity contribution in [1.29, 1.82) is 0 Å². The van der Waals surface area contributed by atoms with Gasteiger partial charge in [0.1, 0.15) is 0 Å². The van der Waals surface area contributed by atoms with E-state index in [9.17, 15) is 8.42 Å². The minimum absolute atomic E-state index is 0.352. The van der Waals surface area contributed by atoms with E-state index in [1.165, 1.54) is 154 Å². The summed E-state index contributed by atoms with van der Waals surface area (Å²) in [6.45, 7) is 8.08. The molecule has 0 radical (unpaired) electrons. The summed E-state index contributed by atoms with van der Waals surface area (Å²) in [5, 5.41) is 0. The number of unbranched alkanes of at least 4 members (excludes halogenated alkanes) is 24. The van der Waals surface area contributed by atoms with Gasteiger partial charge < -0.3 is 0 Å². The molecule has 0 atom stereocenters. The van der Waals surface area contributed by atoms with Crippen LogP contribution in [0.1, 0.15) is 213 Å². The number of benzene rings is 1. The van der Waals surface area contributed by atoms with Crippen LogP contribution in [-0.2, 0) is 14.1 Å². The van der Waals surface area contributed by atoms with Crippen LogP contribution in [0.2, 0.25) is 0 Å². The first kappa shape index (κ1) is 45.6. The molecule has 0 bridgehead atoms. The Morgan fingerprint density at radius 3 is 0.958 bits per heavy atom. The zero-order chi connectivity index (χ0) is 35.3. The average molecular weight is 711 g/mol. The quantitative estimate of drug-likeness (QED) is 0.0520. The van der Waals surface area contributed by atoms with E-state index in [1.54, 1.807) is 12.1 Å². The summed E-state index contributed by atoms with van der Waals surface area (Å²) < 4.78 is 35.4. The Morgan fingerprint density at radius 1 is 0.417 bits per heavy atom. The van der Waals surface area contributed by atoms with Gasteiger partial charge in [0.2, 0.25) is 0 Å². The molecule has 0 aliphatic heterocycles. The Morgan fingerprint density at radius 2 is 0.667 bits per heavy atom. The second-order valence-corrected chi connectivity index (χ2v) is 23.1. The summed E-state index contributed by atoms with van der Waals surface area (Å²) in [4.78, 5) is 0.352. The van der Waals surface area contributed by atoms with Gasteiger partial charge in [0.25, 0.3) is 0 Å². The molecular formula is C43H83O3PS. The molecule has 284 valence electrons. The van der Waals surface area contributed by atoms with Crippen molar-refractivity contribution in [3.05, 3.63) is 29.8 Å². The second kappa shape index (κ2) is 28.2. The van der Waals surface area contributed by atoms with Crippen molar-refractivity contribution in [1.82, 2.24) is 0 Å². The summed E-state index contributed by atoms with van der Waals surface area (Å²) in [6, 6.07) is 7.39. The van der Waals surface area contributed by atoms with Crippen molar-refractivity contribution in [3.8, 4) is 0 Å². The molecule has 0 aromatic heterocycles. The number of hydrogen-bond acceptors (Lipinski definition) is 3. The first-order chi connectivity index (χ1) is 23.3. The first-order valence-electron chi connectivity index (χ1n) is 21.3. The maximum atomic E-state index is 14.2. The average Bonchev–Trinajstić information content (AvgIpc) is 3.07. The number of aryl methyl sites for hydroxylation is 1. The summed E-state index contributed by atoms with van der Waals surface area (Å²) >= 11 is 0. The molecule has 0 fully saturated rings. The monoisotopic (exact) mass is 711 g/mol. The van der Waals surface area contributed by atoms with E-state index in [-0.39, 0.29) is 0 Å². The van der Waals surface area contributed by atoms with E-state index in [2.05, 4.69) is 27.7 Å².